The number of nitrogens with zero attached hydrogens (tertiary/aromatic N) is 4. The van der Waals surface area contributed by atoms with Gasteiger partial charge >= 0.3 is 0 Å². The first-order valence-corrected chi connectivity index (χ1v) is 20.9. The molecule has 0 aromatic rings. The second kappa shape index (κ2) is 24.1. The Hall–Kier alpha value is -0.280. The molecule has 4 aliphatic rings. The minimum absolute atomic E-state index is 0.443. The molecule has 0 aromatic heterocycles. The molecule has 7 heteroatoms. The zero-order valence-electron chi connectivity index (χ0n) is 33.3. The van der Waals surface area contributed by atoms with E-state index in [1.54, 1.807) is 0 Å². The fourth-order valence-corrected chi connectivity index (χ4v) is 8.33. The second-order valence-corrected chi connectivity index (χ2v) is 16.8. The summed E-state index contributed by atoms with van der Waals surface area (Å²) < 4.78 is 17.8. The highest BCUT2D eigenvalue weighted by Crippen LogP contribution is 2.27. The highest BCUT2D eigenvalue weighted by atomic mass is 16.5. The van der Waals surface area contributed by atoms with Crippen LogP contribution in [0.15, 0.2) is 0 Å². The number of ether oxygens (including phenoxy) is 3. The highest BCUT2D eigenvalue weighted by Gasteiger charge is 2.24. The van der Waals surface area contributed by atoms with E-state index >= 15 is 0 Å². The van der Waals surface area contributed by atoms with E-state index in [0.29, 0.717) is 18.2 Å². The fraction of sp³-hybridized carbons (Fsp3) is 1.00. The molecule has 1 atom stereocenters. The molecule has 4 saturated heterocycles. The molecule has 0 amide bonds. The predicted molar refractivity (Wildman–Crippen MR) is 204 cm³/mol. The number of rotatable bonds is 18. The van der Waals surface area contributed by atoms with Crippen molar-refractivity contribution in [2.24, 2.45) is 29.6 Å². The molecule has 4 rings (SSSR count). The van der Waals surface area contributed by atoms with Crippen LogP contribution in [-0.4, -0.2) is 136 Å². The van der Waals surface area contributed by atoms with Gasteiger partial charge in [0.05, 0.1) is 25.9 Å². The Kier molecular flexibility index (Phi) is 21.1. The summed E-state index contributed by atoms with van der Waals surface area (Å²) in [4.78, 5) is 10.4. The minimum Gasteiger partial charge on any atom is -0.381 e. The average molecular weight is 679 g/mol. The van der Waals surface area contributed by atoms with Crippen molar-refractivity contribution in [3.05, 3.63) is 0 Å². The molecule has 0 radical (unpaired) electrons. The van der Waals surface area contributed by atoms with Crippen LogP contribution in [0, 0.1) is 29.6 Å². The second-order valence-electron chi connectivity index (χ2n) is 16.8. The number of piperidine rings is 4. The van der Waals surface area contributed by atoms with Gasteiger partial charge < -0.3 is 33.8 Å². The highest BCUT2D eigenvalue weighted by molar-refractivity contribution is 4.78. The van der Waals surface area contributed by atoms with Gasteiger partial charge in [-0.1, -0.05) is 34.1 Å². The SMILES string of the molecule is CC(C)C1CCN(CCOCCOC2CCN(C(C)C)CC2)CC1.CCC(C)C1CCN(CCCOCC2CCN(C(C)C)CC2)CC1. The normalized spacial score (nSPS) is 23.3. The van der Waals surface area contributed by atoms with E-state index in [4.69, 9.17) is 14.2 Å². The first-order valence-electron chi connectivity index (χ1n) is 20.9. The lowest BCUT2D eigenvalue weighted by atomic mass is 9.84. The Morgan fingerprint density at radius 1 is 0.542 bits per heavy atom. The summed E-state index contributed by atoms with van der Waals surface area (Å²) in [5.74, 6) is 4.45. The molecule has 7 nitrogen and oxygen atoms in total. The first-order chi connectivity index (χ1) is 23.2. The molecule has 0 saturated carbocycles. The molecule has 0 N–H and O–H groups in total. The molecule has 4 heterocycles. The third-order valence-electron chi connectivity index (χ3n) is 12.5. The molecular weight excluding hydrogens is 596 g/mol. The van der Waals surface area contributed by atoms with Gasteiger partial charge in [-0.2, -0.15) is 0 Å². The van der Waals surface area contributed by atoms with Gasteiger partial charge in [-0.3, -0.25) is 0 Å². The first kappa shape index (κ1) is 42.1. The minimum atomic E-state index is 0.443. The molecule has 0 spiro atoms. The molecular formula is C41H82N4O3. The Balaban J connectivity index is 0.000000260. The van der Waals surface area contributed by atoms with Gasteiger partial charge in [0.25, 0.3) is 0 Å². The van der Waals surface area contributed by atoms with Gasteiger partial charge in [0.2, 0.25) is 0 Å². The molecule has 4 fully saturated rings. The van der Waals surface area contributed by atoms with Crippen LogP contribution in [0.5, 0.6) is 0 Å². The third-order valence-corrected chi connectivity index (χ3v) is 12.5. The smallest absolute Gasteiger partial charge is 0.0704 e. The summed E-state index contributed by atoms with van der Waals surface area (Å²) in [7, 11) is 0. The van der Waals surface area contributed by atoms with Gasteiger partial charge in [0, 0.05) is 51.5 Å². The number of hydrogen-bond acceptors (Lipinski definition) is 7. The van der Waals surface area contributed by atoms with E-state index in [2.05, 4.69) is 75.0 Å². The van der Waals surface area contributed by atoms with Crippen molar-refractivity contribution in [3.8, 4) is 0 Å². The molecule has 0 bridgehead atoms. The van der Waals surface area contributed by atoms with Crippen molar-refractivity contribution in [2.75, 3.05) is 98.5 Å². The van der Waals surface area contributed by atoms with Crippen LogP contribution in [0.1, 0.15) is 120 Å². The summed E-state index contributed by atoms with van der Waals surface area (Å²) in [6.45, 7) is 35.2. The lowest BCUT2D eigenvalue weighted by molar-refractivity contribution is -0.0289. The Morgan fingerprint density at radius 2 is 1.08 bits per heavy atom. The van der Waals surface area contributed by atoms with Gasteiger partial charge in [0.1, 0.15) is 0 Å². The zero-order chi connectivity index (χ0) is 34.7. The lowest BCUT2D eigenvalue weighted by Crippen LogP contribution is -2.41. The summed E-state index contributed by atoms with van der Waals surface area (Å²) >= 11 is 0. The maximum Gasteiger partial charge on any atom is 0.0704 e. The predicted octanol–water partition coefficient (Wildman–Crippen LogP) is 7.53. The standard InChI is InChI=1S/C21H42N2O.C20H40N2O2/c1-5-19(4)21-9-12-22(13-10-21)11-6-16-24-17-20-7-14-23(15-8-20)18(2)3;1-17(2)19-5-9-21(10-6-19)13-14-23-15-16-24-20-7-11-22(12-8-20)18(3)4/h18-21H,5-17H2,1-4H3;17-20H,5-16H2,1-4H3. The molecule has 48 heavy (non-hydrogen) atoms. The zero-order valence-corrected chi connectivity index (χ0v) is 33.3. The monoisotopic (exact) mass is 679 g/mol. The molecule has 1 unspecified atom stereocenters. The number of hydrogen-bond donors (Lipinski definition) is 0. The van der Waals surface area contributed by atoms with Crippen LogP contribution in [0.4, 0.5) is 0 Å². The van der Waals surface area contributed by atoms with Crippen molar-refractivity contribution in [3.63, 3.8) is 0 Å². The van der Waals surface area contributed by atoms with Gasteiger partial charge in [-0.15, -0.1) is 0 Å². The van der Waals surface area contributed by atoms with E-state index in [1.165, 1.54) is 123 Å². The summed E-state index contributed by atoms with van der Waals surface area (Å²) in [5.41, 5.74) is 0. The van der Waals surface area contributed by atoms with Crippen molar-refractivity contribution in [2.45, 2.75) is 138 Å². The van der Waals surface area contributed by atoms with E-state index in [0.717, 1.165) is 69.2 Å². The average Bonchev–Trinajstić information content (AvgIpc) is 3.10. The van der Waals surface area contributed by atoms with Crippen LogP contribution in [0.3, 0.4) is 0 Å². The largest absolute Gasteiger partial charge is 0.381 e. The Bertz CT molecular complexity index is 734. The van der Waals surface area contributed by atoms with Gasteiger partial charge in [-0.05, 0) is 154 Å². The van der Waals surface area contributed by atoms with Crippen LogP contribution in [0.25, 0.3) is 0 Å². The van der Waals surface area contributed by atoms with E-state index in [1.807, 2.05) is 0 Å². The van der Waals surface area contributed by atoms with Crippen LogP contribution in [-0.2, 0) is 14.2 Å². The number of likely N-dealkylation sites (tertiary alicyclic amines) is 4. The van der Waals surface area contributed by atoms with Gasteiger partial charge in [-0.25, -0.2) is 0 Å². The maximum atomic E-state index is 5.99. The molecule has 284 valence electrons. The third kappa shape index (κ3) is 16.4. The van der Waals surface area contributed by atoms with Crippen molar-refractivity contribution in [1.29, 1.82) is 0 Å². The summed E-state index contributed by atoms with van der Waals surface area (Å²) in [5, 5.41) is 0. The lowest BCUT2D eigenvalue weighted by Gasteiger charge is -2.35. The van der Waals surface area contributed by atoms with E-state index < -0.39 is 0 Å². The van der Waals surface area contributed by atoms with Crippen molar-refractivity contribution < 1.29 is 14.2 Å². The van der Waals surface area contributed by atoms with Crippen molar-refractivity contribution in [1.82, 2.24) is 19.6 Å². The fourth-order valence-electron chi connectivity index (χ4n) is 8.33. The molecule has 0 aliphatic carbocycles. The Labute approximate surface area is 299 Å². The quantitative estimate of drug-likeness (QED) is 0.139. The topological polar surface area (TPSA) is 40.7 Å². The van der Waals surface area contributed by atoms with Crippen LogP contribution >= 0.6 is 0 Å². The molecule has 4 aliphatic heterocycles. The van der Waals surface area contributed by atoms with E-state index in [-0.39, 0.29) is 0 Å². The Morgan fingerprint density at radius 3 is 1.62 bits per heavy atom. The summed E-state index contributed by atoms with van der Waals surface area (Å²) in [6.07, 6.45) is 13.5. The van der Waals surface area contributed by atoms with E-state index in [9.17, 15) is 0 Å². The molecule has 0 aromatic carbocycles. The maximum absolute atomic E-state index is 5.99. The van der Waals surface area contributed by atoms with Gasteiger partial charge in [0.15, 0.2) is 0 Å². The van der Waals surface area contributed by atoms with Crippen LogP contribution < -0.4 is 0 Å². The van der Waals surface area contributed by atoms with Crippen molar-refractivity contribution >= 4 is 0 Å². The summed E-state index contributed by atoms with van der Waals surface area (Å²) in [6, 6.07) is 1.37. The van der Waals surface area contributed by atoms with Crippen LogP contribution in [0.2, 0.25) is 0 Å².